The molecule has 0 saturated carbocycles. The number of hydrogen-bond acceptors (Lipinski definition) is 5. The van der Waals surface area contributed by atoms with Gasteiger partial charge in [-0.1, -0.05) is 103 Å². The Bertz CT molecular complexity index is 415. The normalized spacial score (nSPS) is 22.4. The average molecular weight is 443 g/mol. The lowest BCUT2D eigenvalue weighted by Gasteiger charge is -2.22. The molecule has 0 aromatic rings. The number of rotatable bonds is 21. The first-order valence-corrected chi connectivity index (χ1v) is 13.1. The summed E-state index contributed by atoms with van der Waals surface area (Å²) in [5.41, 5.74) is 0. The van der Waals surface area contributed by atoms with Gasteiger partial charge in [0.05, 0.1) is 19.5 Å². The maximum atomic E-state index is 9.88. The van der Waals surface area contributed by atoms with Crippen LogP contribution in [0.3, 0.4) is 0 Å². The maximum absolute atomic E-state index is 9.88. The summed E-state index contributed by atoms with van der Waals surface area (Å²) in [5, 5.41) is 28.6. The van der Waals surface area contributed by atoms with Crippen LogP contribution in [0.1, 0.15) is 116 Å². The molecule has 0 aliphatic carbocycles. The second kappa shape index (κ2) is 20.0. The van der Waals surface area contributed by atoms with Crippen molar-refractivity contribution in [2.75, 3.05) is 13.2 Å². The Morgan fingerprint density at radius 2 is 1.32 bits per heavy atom. The monoisotopic (exact) mass is 442 g/mol. The molecule has 0 aromatic heterocycles. The number of allylic oxidation sites excluding steroid dienone is 1. The minimum atomic E-state index is -1.03. The van der Waals surface area contributed by atoms with Gasteiger partial charge in [0.1, 0.15) is 18.3 Å². The van der Waals surface area contributed by atoms with E-state index in [1.54, 1.807) is 6.26 Å². The molecule has 184 valence electrons. The molecular formula is C26H50O5. The number of aliphatic hydroxyl groups is 3. The topological polar surface area (TPSA) is 79.2 Å². The molecule has 0 amide bonds. The van der Waals surface area contributed by atoms with E-state index in [2.05, 4.69) is 6.92 Å². The first kappa shape index (κ1) is 28.4. The third kappa shape index (κ3) is 14.2. The molecule has 1 rings (SSSR count). The Morgan fingerprint density at radius 3 is 1.81 bits per heavy atom. The van der Waals surface area contributed by atoms with Gasteiger partial charge in [-0.15, -0.1) is 0 Å². The Morgan fingerprint density at radius 1 is 0.839 bits per heavy atom. The molecule has 0 aromatic carbocycles. The highest BCUT2D eigenvalue weighted by Crippen LogP contribution is 2.21. The van der Waals surface area contributed by atoms with E-state index in [4.69, 9.17) is 14.6 Å². The first-order chi connectivity index (χ1) is 15.2. The minimum Gasteiger partial charge on any atom is -0.493 e. The van der Waals surface area contributed by atoms with Crippen LogP contribution in [0.25, 0.3) is 0 Å². The molecule has 5 nitrogen and oxygen atoms in total. The molecule has 1 aliphatic rings. The van der Waals surface area contributed by atoms with Crippen LogP contribution in [0.5, 0.6) is 0 Å². The van der Waals surface area contributed by atoms with Gasteiger partial charge >= 0.3 is 0 Å². The second-order valence-corrected chi connectivity index (χ2v) is 9.18. The van der Waals surface area contributed by atoms with Gasteiger partial charge in [-0.3, -0.25) is 0 Å². The number of aliphatic hydroxyl groups excluding tert-OH is 3. The highest BCUT2D eigenvalue weighted by atomic mass is 16.6. The van der Waals surface area contributed by atoms with Crippen molar-refractivity contribution in [3.8, 4) is 0 Å². The quantitative estimate of drug-likeness (QED) is 0.158. The molecule has 1 heterocycles. The van der Waals surface area contributed by atoms with Gasteiger partial charge in [0, 0.05) is 0 Å². The molecule has 3 N–H and O–H groups in total. The second-order valence-electron chi connectivity index (χ2n) is 9.18. The largest absolute Gasteiger partial charge is 0.493 e. The fourth-order valence-corrected chi connectivity index (χ4v) is 4.24. The predicted octanol–water partition coefficient (Wildman–Crippen LogP) is 5.65. The molecule has 1 fully saturated rings. The molecule has 0 bridgehead atoms. The summed E-state index contributed by atoms with van der Waals surface area (Å²) in [6.45, 7) is 2.00. The van der Waals surface area contributed by atoms with Gasteiger partial charge in [0.2, 0.25) is 0 Å². The van der Waals surface area contributed by atoms with Gasteiger partial charge < -0.3 is 24.8 Å². The number of unbranched alkanes of at least 4 members (excludes halogenated alkanes) is 16. The van der Waals surface area contributed by atoms with E-state index in [-0.39, 0.29) is 6.61 Å². The Kier molecular flexibility index (Phi) is 18.3. The zero-order valence-electron chi connectivity index (χ0n) is 20.1. The SMILES string of the molecule is CCCCCCCCCCCCCCCCCC/C=C/O[C@H]1[C@@H]([C@H](O)CO)OC[C@@H]1O. The van der Waals surface area contributed by atoms with E-state index in [9.17, 15) is 10.2 Å². The van der Waals surface area contributed by atoms with E-state index in [1.807, 2.05) is 6.08 Å². The molecular weight excluding hydrogens is 392 g/mol. The third-order valence-electron chi connectivity index (χ3n) is 6.29. The maximum Gasteiger partial charge on any atom is 0.154 e. The summed E-state index contributed by atoms with van der Waals surface area (Å²) < 4.78 is 10.9. The molecule has 0 radical (unpaired) electrons. The van der Waals surface area contributed by atoms with Crippen LogP contribution in [0, 0.1) is 0 Å². The summed E-state index contributed by atoms with van der Waals surface area (Å²) in [4.78, 5) is 0. The molecule has 31 heavy (non-hydrogen) atoms. The fourth-order valence-electron chi connectivity index (χ4n) is 4.24. The van der Waals surface area contributed by atoms with Crippen molar-refractivity contribution in [3.05, 3.63) is 12.3 Å². The Labute approximate surface area is 191 Å². The van der Waals surface area contributed by atoms with Gasteiger partial charge in [0.15, 0.2) is 6.10 Å². The van der Waals surface area contributed by atoms with E-state index in [0.717, 1.165) is 12.8 Å². The summed E-state index contributed by atoms with van der Waals surface area (Å²) in [5.74, 6) is 0. The highest BCUT2D eigenvalue weighted by molar-refractivity contribution is 4.91. The third-order valence-corrected chi connectivity index (χ3v) is 6.29. The van der Waals surface area contributed by atoms with Crippen molar-refractivity contribution in [2.45, 2.75) is 140 Å². The Balaban J connectivity index is 1.84. The van der Waals surface area contributed by atoms with Crippen LogP contribution in [-0.4, -0.2) is 52.9 Å². The predicted molar refractivity (Wildman–Crippen MR) is 127 cm³/mol. The molecule has 1 saturated heterocycles. The lowest BCUT2D eigenvalue weighted by Crippen LogP contribution is -2.41. The summed E-state index contributed by atoms with van der Waals surface area (Å²) >= 11 is 0. The van der Waals surface area contributed by atoms with Crippen molar-refractivity contribution < 1.29 is 24.8 Å². The van der Waals surface area contributed by atoms with Crippen LogP contribution in [0.4, 0.5) is 0 Å². The number of hydrogen-bond donors (Lipinski definition) is 3. The molecule has 5 heteroatoms. The van der Waals surface area contributed by atoms with Crippen molar-refractivity contribution >= 4 is 0 Å². The Hall–Kier alpha value is -0.620. The summed E-state index contributed by atoms with van der Waals surface area (Å²) in [7, 11) is 0. The standard InChI is InChI=1S/C26H50O5/c1-2-3-4-5-6-7-8-9-10-11-12-13-14-15-16-17-18-19-20-30-26-24(29)22-31-25(26)23(28)21-27/h19-20,23-29H,2-18,21-22H2,1H3/b20-19+/t23-,24+,25-,26-/m1/s1. The first-order valence-electron chi connectivity index (χ1n) is 13.1. The summed E-state index contributed by atoms with van der Waals surface area (Å²) in [6.07, 6.45) is 23.3. The highest BCUT2D eigenvalue weighted by Gasteiger charge is 2.41. The summed E-state index contributed by atoms with van der Waals surface area (Å²) in [6, 6.07) is 0. The zero-order valence-corrected chi connectivity index (χ0v) is 20.1. The van der Waals surface area contributed by atoms with Crippen LogP contribution >= 0.6 is 0 Å². The van der Waals surface area contributed by atoms with Crippen LogP contribution in [-0.2, 0) is 9.47 Å². The minimum absolute atomic E-state index is 0.124. The molecule has 4 atom stereocenters. The lowest BCUT2D eigenvalue weighted by atomic mass is 10.0. The fraction of sp³-hybridized carbons (Fsp3) is 0.923. The van der Waals surface area contributed by atoms with E-state index in [1.165, 1.54) is 96.3 Å². The number of ether oxygens (including phenoxy) is 2. The van der Waals surface area contributed by atoms with Gasteiger partial charge in [-0.25, -0.2) is 0 Å². The molecule has 1 aliphatic heterocycles. The van der Waals surface area contributed by atoms with Crippen LogP contribution < -0.4 is 0 Å². The average Bonchev–Trinajstić information content (AvgIpc) is 3.15. The van der Waals surface area contributed by atoms with E-state index < -0.39 is 31.0 Å². The van der Waals surface area contributed by atoms with Crippen molar-refractivity contribution in [1.82, 2.24) is 0 Å². The lowest BCUT2D eigenvalue weighted by molar-refractivity contribution is -0.0721. The zero-order chi connectivity index (χ0) is 22.6. The van der Waals surface area contributed by atoms with Crippen LogP contribution in [0.15, 0.2) is 12.3 Å². The van der Waals surface area contributed by atoms with E-state index >= 15 is 0 Å². The van der Waals surface area contributed by atoms with Crippen molar-refractivity contribution in [1.29, 1.82) is 0 Å². The molecule has 0 spiro atoms. The van der Waals surface area contributed by atoms with Gasteiger partial charge in [0.25, 0.3) is 0 Å². The van der Waals surface area contributed by atoms with E-state index in [0.29, 0.717) is 0 Å². The van der Waals surface area contributed by atoms with Gasteiger partial charge in [-0.2, -0.15) is 0 Å². The van der Waals surface area contributed by atoms with Crippen molar-refractivity contribution in [3.63, 3.8) is 0 Å². The molecule has 0 unspecified atom stereocenters. The van der Waals surface area contributed by atoms with Gasteiger partial charge in [-0.05, 0) is 18.9 Å². The smallest absolute Gasteiger partial charge is 0.154 e. The van der Waals surface area contributed by atoms with Crippen molar-refractivity contribution in [2.24, 2.45) is 0 Å². The van der Waals surface area contributed by atoms with Crippen LogP contribution in [0.2, 0.25) is 0 Å².